The summed E-state index contributed by atoms with van der Waals surface area (Å²) in [4.78, 5) is 73.9. The van der Waals surface area contributed by atoms with Gasteiger partial charge < -0.3 is 41.5 Å². The number of benzene rings is 2. The number of phenols is 1. The minimum absolute atomic E-state index is 0.00418. The van der Waals surface area contributed by atoms with Crippen molar-refractivity contribution in [2.24, 2.45) is 5.41 Å². The van der Waals surface area contributed by atoms with Crippen molar-refractivity contribution >= 4 is 52.8 Å². The summed E-state index contributed by atoms with van der Waals surface area (Å²) in [6, 6.07) is 6.93. The second kappa shape index (κ2) is 16.7. The summed E-state index contributed by atoms with van der Waals surface area (Å²) in [6.45, 7) is 6.83. The zero-order valence-corrected chi connectivity index (χ0v) is 28.2. The van der Waals surface area contributed by atoms with Crippen LogP contribution in [0.1, 0.15) is 57.7 Å². The zero-order valence-electron chi connectivity index (χ0n) is 27.4. The highest BCUT2D eigenvalue weighted by Gasteiger charge is 2.39. The fourth-order valence-electron chi connectivity index (χ4n) is 4.97. The SMILES string of the molecule is CC(=O)N1Cc2cc(N/C(=C\[N+](=O)[O-])Nc3ccc(O)cc3)ccc2C1C(=O)NC(CCSCC(NC(=O)CC(C)(C)C)C(=O)O)C(=O)O. The number of carbonyl (C=O) groups excluding carboxylic acids is 3. The molecule has 1 heterocycles. The number of nitro groups is 1. The molecule has 49 heavy (non-hydrogen) atoms. The second-order valence-electron chi connectivity index (χ2n) is 12.5. The summed E-state index contributed by atoms with van der Waals surface area (Å²) in [5.74, 6) is -3.97. The monoisotopic (exact) mass is 700 g/mol. The highest BCUT2D eigenvalue weighted by atomic mass is 32.2. The second-order valence-corrected chi connectivity index (χ2v) is 13.7. The van der Waals surface area contributed by atoms with E-state index in [1.165, 1.54) is 36.1 Å². The third-order valence-corrected chi connectivity index (χ3v) is 8.27. The number of hydrogen-bond acceptors (Lipinski definition) is 11. The Morgan fingerprint density at radius 1 is 1.00 bits per heavy atom. The molecule has 3 rings (SSSR count). The number of nitrogens with zero attached hydrogens (tertiary/aromatic N) is 2. The van der Waals surface area contributed by atoms with E-state index in [9.17, 15) is 49.4 Å². The first kappa shape index (κ1) is 38.1. The van der Waals surface area contributed by atoms with Gasteiger partial charge in [-0.15, -0.1) is 0 Å². The highest BCUT2D eigenvalue weighted by molar-refractivity contribution is 7.99. The number of aliphatic carboxylic acids is 2. The van der Waals surface area contributed by atoms with Crippen LogP contribution in [0.5, 0.6) is 5.75 Å². The van der Waals surface area contributed by atoms with Crippen molar-refractivity contribution in [3.63, 3.8) is 0 Å². The molecule has 3 unspecified atom stereocenters. The van der Waals surface area contributed by atoms with Gasteiger partial charge in [-0.05, 0) is 65.1 Å². The number of thioether (sulfide) groups is 1. The van der Waals surface area contributed by atoms with Gasteiger partial charge in [-0.1, -0.05) is 26.8 Å². The van der Waals surface area contributed by atoms with E-state index in [1.807, 2.05) is 20.8 Å². The fraction of sp³-hybridized carbons (Fsp3) is 0.406. The van der Waals surface area contributed by atoms with Crippen molar-refractivity contribution in [2.75, 3.05) is 22.1 Å². The molecule has 1 aliphatic rings. The molecule has 0 saturated carbocycles. The predicted molar refractivity (Wildman–Crippen MR) is 181 cm³/mol. The molecule has 0 radical (unpaired) electrons. The average molecular weight is 701 g/mol. The molecule has 3 amide bonds. The maximum absolute atomic E-state index is 13.5. The predicted octanol–water partition coefficient (Wildman–Crippen LogP) is 3.09. The van der Waals surface area contributed by atoms with Crippen LogP contribution in [-0.2, 0) is 30.5 Å². The first-order valence-electron chi connectivity index (χ1n) is 15.1. The average Bonchev–Trinajstić information content (AvgIpc) is 3.37. The number of amides is 3. The van der Waals surface area contributed by atoms with Gasteiger partial charge in [-0.2, -0.15) is 11.8 Å². The van der Waals surface area contributed by atoms with E-state index < -0.39 is 52.7 Å². The Bertz CT molecular complexity index is 1610. The number of phenolic OH excluding ortho intramolecular Hbond substituents is 1. The van der Waals surface area contributed by atoms with Crippen LogP contribution in [-0.4, -0.2) is 78.4 Å². The number of aromatic hydroxyl groups is 1. The van der Waals surface area contributed by atoms with Gasteiger partial charge in [0.2, 0.25) is 17.7 Å². The fourth-order valence-corrected chi connectivity index (χ4v) is 6.01. The first-order valence-corrected chi connectivity index (χ1v) is 16.3. The van der Waals surface area contributed by atoms with E-state index in [0.717, 1.165) is 11.8 Å². The number of rotatable bonds is 16. The van der Waals surface area contributed by atoms with Crippen LogP contribution in [0, 0.1) is 15.5 Å². The first-order chi connectivity index (χ1) is 22.9. The molecule has 2 aromatic carbocycles. The van der Waals surface area contributed by atoms with E-state index in [0.29, 0.717) is 28.7 Å². The van der Waals surface area contributed by atoms with Crippen LogP contribution in [0.15, 0.2) is 54.5 Å². The molecule has 0 aromatic heterocycles. The topological polar surface area (TPSA) is 241 Å². The molecule has 3 atom stereocenters. The van der Waals surface area contributed by atoms with Crippen molar-refractivity contribution in [3.8, 4) is 5.75 Å². The third kappa shape index (κ3) is 11.7. The van der Waals surface area contributed by atoms with Crippen molar-refractivity contribution in [1.29, 1.82) is 0 Å². The molecule has 0 saturated heterocycles. The molecular weight excluding hydrogens is 660 g/mol. The molecule has 264 valence electrons. The van der Waals surface area contributed by atoms with Crippen molar-refractivity contribution in [3.05, 3.63) is 75.7 Å². The molecule has 17 heteroatoms. The van der Waals surface area contributed by atoms with E-state index in [4.69, 9.17) is 0 Å². The standard InChI is InChI=1S/C32H40N6O10S/c1-18(39)37-15-19-13-21(34-26(16-38(47)48)33-20-5-8-22(40)9-6-20)7-10-23(19)28(37)29(42)36-24(30(43)44)11-12-49-17-25(31(45)46)35-27(41)14-32(2,3)4/h5-10,13,16,24-25,28,33-34,40H,11-12,14-15,17H2,1-4H3,(H,35,41)(H,36,42)(H,43,44)(H,45,46)/b26-16-. The number of carboxylic acid groups (broad SMARTS) is 2. The summed E-state index contributed by atoms with van der Waals surface area (Å²) >= 11 is 1.12. The number of hydrogen-bond donors (Lipinski definition) is 7. The molecule has 0 fully saturated rings. The number of carboxylic acids is 2. The van der Waals surface area contributed by atoms with Crippen molar-refractivity contribution in [2.45, 2.75) is 65.2 Å². The largest absolute Gasteiger partial charge is 0.508 e. The van der Waals surface area contributed by atoms with Crippen LogP contribution in [0.2, 0.25) is 0 Å². The summed E-state index contributed by atoms with van der Waals surface area (Å²) in [5.41, 5.74) is 1.52. The molecular formula is C32H40N6O10S. The van der Waals surface area contributed by atoms with Gasteiger partial charge in [0, 0.05) is 37.0 Å². The Balaban J connectivity index is 1.69. The lowest BCUT2D eigenvalue weighted by molar-refractivity contribution is -0.403. The molecule has 0 spiro atoms. The smallest absolute Gasteiger partial charge is 0.327 e. The van der Waals surface area contributed by atoms with E-state index >= 15 is 0 Å². The Morgan fingerprint density at radius 3 is 2.18 bits per heavy atom. The van der Waals surface area contributed by atoms with Gasteiger partial charge in [0.15, 0.2) is 5.82 Å². The van der Waals surface area contributed by atoms with Gasteiger partial charge in [0.25, 0.3) is 6.20 Å². The Morgan fingerprint density at radius 2 is 1.61 bits per heavy atom. The van der Waals surface area contributed by atoms with Crippen molar-refractivity contribution < 1.29 is 44.2 Å². The molecule has 0 aliphatic carbocycles. The van der Waals surface area contributed by atoms with Gasteiger partial charge in [-0.3, -0.25) is 24.5 Å². The van der Waals surface area contributed by atoms with Crippen molar-refractivity contribution in [1.82, 2.24) is 15.5 Å². The highest BCUT2D eigenvalue weighted by Crippen LogP contribution is 2.36. The molecule has 7 N–H and O–H groups in total. The maximum Gasteiger partial charge on any atom is 0.327 e. The van der Waals surface area contributed by atoms with Gasteiger partial charge >= 0.3 is 11.9 Å². The molecule has 1 aliphatic heterocycles. The lowest BCUT2D eigenvalue weighted by atomic mass is 9.92. The van der Waals surface area contributed by atoms with Crippen LogP contribution >= 0.6 is 11.8 Å². The lowest BCUT2D eigenvalue weighted by Crippen LogP contribution is -2.47. The van der Waals surface area contributed by atoms with Crippen LogP contribution in [0.4, 0.5) is 11.4 Å². The van der Waals surface area contributed by atoms with Gasteiger partial charge in [0.1, 0.15) is 23.9 Å². The zero-order chi connectivity index (χ0) is 36.5. The van der Waals surface area contributed by atoms with Gasteiger partial charge in [-0.25, -0.2) is 9.59 Å². The lowest BCUT2D eigenvalue weighted by Gasteiger charge is -2.25. The van der Waals surface area contributed by atoms with Crippen LogP contribution in [0.3, 0.4) is 0 Å². The quantitative estimate of drug-likeness (QED) is 0.0577. The number of fused-ring (bicyclic) bond motifs is 1. The molecule has 2 aromatic rings. The Labute approximate surface area is 286 Å². The summed E-state index contributed by atoms with van der Waals surface area (Å²) < 4.78 is 0. The normalized spacial score (nSPS) is 15.4. The Hall–Kier alpha value is -5.32. The summed E-state index contributed by atoms with van der Waals surface area (Å²) in [5, 5.41) is 50.8. The van der Waals surface area contributed by atoms with E-state index in [-0.39, 0.29) is 47.9 Å². The third-order valence-electron chi connectivity index (χ3n) is 7.18. The van der Waals surface area contributed by atoms with Crippen LogP contribution < -0.4 is 21.3 Å². The summed E-state index contributed by atoms with van der Waals surface area (Å²) in [7, 11) is 0. The minimum atomic E-state index is -1.35. The number of anilines is 2. The van der Waals surface area contributed by atoms with E-state index in [1.54, 1.807) is 18.2 Å². The van der Waals surface area contributed by atoms with Gasteiger partial charge in [0.05, 0.1) is 4.92 Å². The number of nitrogens with one attached hydrogen (secondary N) is 4. The maximum atomic E-state index is 13.5. The molecule has 0 bridgehead atoms. The van der Waals surface area contributed by atoms with E-state index in [2.05, 4.69) is 21.3 Å². The van der Waals surface area contributed by atoms with Crippen LogP contribution in [0.25, 0.3) is 0 Å². The number of carbonyl (C=O) groups is 5. The molecule has 16 nitrogen and oxygen atoms in total. The Kier molecular flexibility index (Phi) is 13.0. The summed E-state index contributed by atoms with van der Waals surface area (Å²) in [6.07, 6.45) is 0.787. The minimum Gasteiger partial charge on any atom is -0.508 e.